The van der Waals surface area contributed by atoms with E-state index in [4.69, 9.17) is 9.52 Å². The molecule has 0 saturated carbocycles. The van der Waals surface area contributed by atoms with Crippen LogP contribution in [0.3, 0.4) is 0 Å². The minimum Gasteiger partial charge on any atom is -0.480 e. The van der Waals surface area contributed by atoms with Gasteiger partial charge in [-0.15, -0.1) is 0 Å². The summed E-state index contributed by atoms with van der Waals surface area (Å²) >= 11 is 0. The van der Waals surface area contributed by atoms with Crippen LogP contribution in [0.4, 0.5) is 0 Å². The number of aliphatic carboxylic acids is 1. The highest BCUT2D eigenvalue weighted by molar-refractivity contribution is 5.86. The molecule has 1 heterocycles. The van der Waals surface area contributed by atoms with Crippen molar-refractivity contribution in [2.45, 2.75) is 19.5 Å². The standard InChI is InChI=1S/C10H13NO5/c1-6(9(12)13)11-5-7-3-4-8(16-7)10(14)15-2/h3-4,6,11H,5H2,1-2H3,(H,12,13). The van der Waals surface area contributed by atoms with Crippen LogP contribution in [0, 0.1) is 0 Å². The molecule has 0 saturated heterocycles. The number of carboxylic acids is 1. The molecule has 0 aliphatic carbocycles. The first-order valence-corrected chi connectivity index (χ1v) is 4.67. The number of carbonyl (C=O) groups excluding carboxylic acids is 1. The number of carboxylic acid groups (broad SMARTS) is 1. The van der Waals surface area contributed by atoms with Crippen molar-refractivity contribution in [1.29, 1.82) is 0 Å². The second kappa shape index (κ2) is 5.32. The normalized spacial score (nSPS) is 12.1. The predicted molar refractivity (Wildman–Crippen MR) is 54.0 cm³/mol. The van der Waals surface area contributed by atoms with Gasteiger partial charge in [0.1, 0.15) is 11.8 Å². The van der Waals surface area contributed by atoms with Crippen LogP contribution in [0.5, 0.6) is 0 Å². The minimum atomic E-state index is -0.945. The van der Waals surface area contributed by atoms with Crippen LogP contribution in [0.25, 0.3) is 0 Å². The van der Waals surface area contributed by atoms with Crippen LogP contribution >= 0.6 is 0 Å². The Morgan fingerprint density at radius 1 is 1.56 bits per heavy atom. The minimum absolute atomic E-state index is 0.0993. The van der Waals surface area contributed by atoms with E-state index in [-0.39, 0.29) is 12.3 Å². The molecule has 0 aliphatic rings. The average Bonchev–Trinajstić information content (AvgIpc) is 2.73. The molecule has 88 valence electrons. The molecule has 6 nitrogen and oxygen atoms in total. The van der Waals surface area contributed by atoms with Gasteiger partial charge in [0.05, 0.1) is 13.7 Å². The maximum atomic E-state index is 11.0. The topological polar surface area (TPSA) is 88.8 Å². The monoisotopic (exact) mass is 227 g/mol. The van der Waals surface area contributed by atoms with Gasteiger partial charge in [-0.2, -0.15) is 0 Å². The molecule has 1 rings (SSSR count). The predicted octanol–water partition coefficient (Wildman–Crippen LogP) is 0.629. The summed E-state index contributed by atoms with van der Waals surface area (Å²) in [6.45, 7) is 1.76. The molecule has 2 N–H and O–H groups in total. The molecular weight excluding hydrogens is 214 g/mol. The maximum Gasteiger partial charge on any atom is 0.373 e. The molecule has 0 fully saturated rings. The number of furan rings is 1. The molecule has 0 aliphatic heterocycles. The van der Waals surface area contributed by atoms with E-state index in [1.807, 2.05) is 0 Å². The van der Waals surface area contributed by atoms with Crippen molar-refractivity contribution in [3.05, 3.63) is 23.7 Å². The van der Waals surface area contributed by atoms with Crippen molar-refractivity contribution in [3.63, 3.8) is 0 Å². The van der Waals surface area contributed by atoms with Gasteiger partial charge in [-0.1, -0.05) is 0 Å². The van der Waals surface area contributed by atoms with E-state index in [1.54, 1.807) is 6.07 Å². The lowest BCUT2D eigenvalue weighted by Gasteiger charge is -2.06. The summed E-state index contributed by atoms with van der Waals surface area (Å²) in [6.07, 6.45) is 0. The van der Waals surface area contributed by atoms with Gasteiger partial charge in [0.25, 0.3) is 0 Å². The lowest BCUT2D eigenvalue weighted by Crippen LogP contribution is -2.32. The van der Waals surface area contributed by atoms with Gasteiger partial charge in [0, 0.05) is 0 Å². The summed E-state index contributed by atoms with van der Waals surface area (Å²) in [4.78, 5) is 21.6. The van der Waals surface area contributed by atoms with Crippen molar-refractivity contribution in [3.8, 4) is 0 Å². The average molecular weight is 227 g/mol. The van der Waals surface area contributed by atoms with Crippen molar-refractivity contribution in [1.82, 2.24) is 5.32 Å². The Hall–Kier alpha value is -1.82. The number of hydrogen-bond acceptors (Lipinski definition) is 5. The van der Waals surface area contributed by atoms with Crippen molar-refractivity contribution >= 4 is 11.9 Å². The van der Waals surface area contributed by atoms with Gasteiger partial charge in [0.15, 0.2) is 0 Å². The highest BCUT2D eigenvalue weighted by Gasteiger charge is 2.13. The zero-order chi connectivity index (χ0) is 12.1. The second-order valence-electron chi connectivity index (χ2n) is 3.20. The first-order chi connectivity index (χ1) is 7.54. The third-order valence-corrected chi connectivity index (χ3v) is 2.00. The summed E-state index contributed by atoms with van der Waals surface area (Å²) in [5.74, 6) is -0.923. The van der Waals surface area contributed by atoms with Crippen LogP contribution in [0.15, 0.2) is 16.5 Å². The zero-order valence-electron chi connectivity index (χ0n) is 9.02. The van der Waals surface area contributed by atoms with Crippen molar-refractivity contribution in [2.75, 3.05) is 7.11 Å². The fourth-order valence-corrected chi connectivity index (χ4v) is 1.02. The van der Waals surface area contributed by atoms with Gasteiger partial charge in [0.2, 0.25) is 5.76 Å². The summed E-state index contributed by atoms with van der Waals surface area (Å²) in [7, 11) is 1.26. The summed E-state index contributed by atoms with van der Waals surface area (Å²) in [5, 5.41) is 11.3. The fourth-order valence-electron chi connectivity index (χ4n) is 1.02. The molecule has 0 spiro atoms. The van der Waals surface area contributed by atoms with E-state index >= 15 is 0 Å². The Morgan fingerprint density at radius 3 is 2.81 bits per heavy atom. The molecule has 0 aromatic carbocycles. The number of carbonyl (C=O) groups is 2. The van der Waals surface area contributed by atoms with Crippen LogP contribution < -0.4 is 5.32 Å². The lowest BCUT2D eigenvalue weighted by molar-refractivity contribution is -0.139. The Labute approximate surface area is 92.2 Å². The van der Waals surface area contributed by atoms with Gasteiger partial charge < -0.3 is 14.3 Å². The molecule has 1 atom stereocenters. The quantitative estimate of drug-likeness (QED) is 0.717. The summed E-state index contributed by atoms with van der Waals surface area (Å²) in [5.41, 5.74) is 0. The van der Waals surface area contributed by atoms with Gasteiger partial charge in [-0.25, -0.2) is 4.79 Å². The number of rotatable bonds is 5. The highest BCUT2D eigenvalue weighted by atomic mass is 16.5. The van der Waals surface area contributed by atoms with E-state index in [1.165, 1.54) is 20.1 Å². The number of ether oxygens (including phenoxy) is 1. The van der Waals surface area contributed by atoms with Crippen LogP contribution in [0.1, 0.15) is 23.2 Å². The first kappa shape index (κ1) is 12.3. The highest BCUT2D eigenvalue weighted by Crippen LogP contribution is 2.08. The number of esters is 1. The van der Waals surface area contributed by atoms with E-state index in [0.29, 0.717) is 5.76 Å². The van der Waals surface area contributed by atoms with E-state index < -0.39 is 18.0 Å². The summed E-state index contributed by atoms with van der Waals surface area (Å²) in [6, 6.07) is 2.40. The Kier molecular flexibility index (Phi) is 4.07. The first-order valence-electron chi connectivity index (χ1n) is 4.67. The van der Waals surface area contributed by atoms with Crippen LogP contribution in [0.2, 0.25) is 0 Å². The van der Waals surface area contributed by atoms with Crippen LogP contribution in [-0.2, 0) is 16.1 Å². The Morgan fingerprint density at radius 2 is 2.25 bits per heavy atom. The zero-order valence-corrected chi connectivity index (χ0v) is 9.02. The molecule has 0 bridgehead atoms. The third kappa shape index (κ3) is 3.09. The van der Waals surface area contributed by atoms with Crippen LogP contribution in [-0.4, -0.2) is 30.2 Å². The van der Waals surface area contributed by atoms with E-state index in [9.17, 15) is 9.59 Å². The second-order valence-corrected chi connectivity index (χ2v) is 3.20. The Bertz CT molecular complexity index is 384. The molecule has 16 heavy (non-hydrogen) atoms. The molecule has 0 radical (unpaired) electrons. The molecule has 1 aromatic heterocycles. The van der Waals surface area contributed by atoms with Crippen molar-refractivity contribution < 1.29 is 23.8 Å². The lowest BCUT2D eigenvalue weighted by atomic mass is 10.3. The maximum absolute atomic E-state index is 11.0. The molecule has 1 unspecified atom stereocenters. The fraction of sp³-hybridized carbons (Fsp3) is 0.400. The van der Waals surface area contributed by atoms with E-state index in [2.05, 4.69) is 10.1 Å². The number of methoxy groups -OCH3 is 1. The smallest absolute Gasteiger partial charge is 0.373 e. The van der Waals surface area contributed by atoms with Gasteiger partial charge in [-0.05, 0) is 19.1 Å². The molecule has 0 amide bonds. The largest absolute Gasteiger partial charge is 0.480 e. The van der Waals surface area contributed by atoms with Gasteiger partial charge in [-0.3, -0.25) is 10.1 Å². The van der Waals surface area contributed by atoms with E-state index in [0.717, 1.165) is 0 Å². The van der Waals surface area contributed by atoms with Crippen molar-refractivity contribution in [2.24, 2.45) is 0 Å². The molecular formula is C10H13NO5. The molecule has 6 heteroatoms. The SMILES string of the molecule is COC(=O)c1ccc(CNC(C)C(=O)O)o1. The molecule has 1 aromatic rings. The Balaban J connectivity index is 2.53. The van der Waals surface area contributed by atoms with Gasteiger partial charge >= 0.3 is 11.9 Å². The number of hydrogen-bond donors (Lipinski definition) is 2. The number of nitrogens with one attached hydrogen (secondary N) is 1. The third-order valence-electron chi connectivity index (χ3n) is 2.00. The summed E-state index contributed by atoms with van der Waals surface area (Å²) < 4.78 is 9.60.